The summed E-state index contributed by atoms with van der Waals surface area (Å²) in [6.07, 6.45) is 3.50. The highest BCUT2D eigenvalue weighted by atomic mass is 35.5. The largest absolute Gasteiger partial charge is 0.383 e. The molecule has 1 aromatic carbocycles. The SMILES string of the molecule is CCC(N)C(c1ccc(Cl)cc1)N(CCOC)C1CC1. The Hall–Kier alpha value is -0.610. The highest BCUT2D eigenvalue weighted by Gasteiger charge is 2.36. The number of halogens is 1. The highest BCUT2D eigenvalue weighted by molar-refractivity contribution is 6.30. The molecule has 2 rings (SSSR count). The second-order valence-electron chi connectivity index (χ2n) is 5.53. The van der Waals surface area contributed by atoms with Gasteiger partial charge in [0.05, 0.1) is 12.6 Å². The van der Waals surface area contributed by atoms with Crippen LogP contribution in [0.25, 0.3) is 0 Å². The van der Waals surface area contributed by atoms with Crippen LogP contribution >= 0.6 is 11.6 Å². The van der Waals surface area contributed by atoms with Gasteiger partial charge in [0, 0.05) is 30.8 Å². The number of rotatable bonds is 8. The van der Waals surface area contributed by atoms with Crippen molar-refractivity contribution in [2.75, 3.05) is 20.3 Å². The maximum atomic E-state index is 6.41. The molecule has 0 bridgehead atoms. The van der Waals surface area contributed by atoms with E-state index in [1.807, 2.05) is 12.1 Å². The van der Waals surface area contributed by atoms with E-state index in [4.69, 9.17) is 22.1 Å². The molecular weight excluding hydrogens is 272 g/mol. The molecule has 0 saturated heterocycles. The van der Waals surface area contributed by atoms with E-state index in [-0.39, 0.29) is 12.1 Å². The van der Waals surface area contributed by atoms with Crippen LogP contribution < -0.4 is 5.73 Å². The van der Waals surface area contributed by atoms with E-state index in [2.05, 4.69) is 24.0 Å². The van der Waals surface area contributed by atoms with Crippen LogP contribution in [0, 0.1) is 0 Å². The van der Waals surface area contributed by atoms with Gasteiger partial charge in [-0.1, -0.05) is 30.7 Å². The lowest BCUT2D eigenvalue weighted by molar-refractivity contribution is 0.101. The fraction of sp³-hybridized carbons (Fsp3) is 0.625. The minimum Gasteiger partial charge on any atom is -0.383 e. The maximum Gasteiger partial charge on any atom is 0.0590 e. The van der Waals surface area contributed by atoms with Gasteiger partial charge in [-0.15, -0.1) is 0 Å². The molecule has 1 aliphatic rings. The summed E-state index contributed by atoms with van der Waals surface area (Å²) in [5, 5.41) is 0.771. The minimum absolute atomic E-state index is 0.133. The monoisotopic (exact) mass is 296 g/mol. The van der Waals surface area contributed by atoms with Crippen LogP contribution in [0.4, 0.5) is 0 Å². The average molecular weight is 297 g/mol. The zero-order chi connectivity index (χ0) is 14.5. The van der Waals surface area contributed by atoms with Crippen LogP contribution in [0.3, 0.4) is 0 Å². The molecule has 0 aromatic heterocycles. The summed E-state index contributed by atoms with van der Waals surface area (Å²) in [4.78, 5) is 2.51. The van der Waals surface area contributed by atoms with E-state index in [1.165, 1.54) is 18.4 Å². The molecule has 20 heavy (non-hydrogen) atoms. The Morgan fingerprint density at radius 1 is 1.35 bits per heavy atom. The van der Waals surface area contributed by atoms with Gasteiger partial charge in [-0.25, -0.2) is 0 Å². The first-order valence-corrected chi connectivity index (χ1v) is 7.81. The molecule has 1 fully saturated rings. The van der Waals surface area contributed by atoms with Crippen molar-refractivity contribution in [1.29, 1.82) is 0 Å². The Labute approximate surface area is 127 Å². The molecule has 0 spiro atoms. The first-order valence-electron chi connectivity index (χ1n) is 7.43. The Balaban J connectivity index is 2.22. The van der Waals surface area contributed by atoms with Crippen LogP contribution in [0.2, 0.25) is 5.02 Å². The molecule has 3 nitrogen and oxygen atoms in total. The van der Waals surface area contributed by atoms with E-state index in [9.17, 15) is 0 Å². The van der Waals surface area contributed by atoms with Gasteiger partial charge in [0.1, 0.15) is 0 Å². The molecule has 1 aliphatic carbocycles. The predicted octanol–water partition coefficient (Wildman–Crippen LogP) is 3.23. The molecule has 4 heteroatoms. The summed E-state index contributed by atoms with van der Waals surface area (Å²) in [6.45, 7) is 3.83. The molecule has 2 N–H and O–H groups in total. The third-order valence-corrected chi connectivity index (χ3v) is 4.27. The van der Waals surface area contributed by atoms with Crippen molar-refractivity contribution in [3.8, 4) is 0 Å². The zero-order valence-electron chi connectivity index (χ0n) is 12.4. The van der Waals surface area contributed by atoms with E-state index in [0.717, 1.165) is 24.6 Å². The summed E-state index contributed by atoms with van der Waals surface area (Å²) in [5.74, 6) is 0. The van der Waals surface area contributed by atoms with Crippen molar-refractivity contribution in [1.82, 2.24) is 4.90 Å². The Morgan fingerprint density at radius 2 is 2.00 bits per heavy atom. The molecule has 1 saturated carbocycles. The molecule has 2 atom stereocenters. The summed E-state index contributed by atoms with van der Waals surface area (Å²) in [5.41, 5.74) is 7.67. The van der Waals surface area contributed by atoms with Crippen molar-refractivity contribution in [2.24, 2.45) is 5.73 Å². The second-order valence-corrected chi connectivity index (χ2v) is 5.97. The van der Waals surface area contributed by atoms with Crippen molar-refractivity contribution in [3.05, 3.63) is 34.9 Å². The molecule has 2 unspecified atom stereocenters. The van der Waals surface area contributed by atoms with E-state index in [0.29, 0.717) is 6.04 Å². The van der Waals surface area contributed by atoms with Gasteiger partial charge in [-0.2, -0.15) is 0 Å². The Morgan fingerprint density at radius 3 is 2.50 bits per heavy atom. The number of hydrogen-bond acceptors (Lipinski definition) is 3. The number of hydrogen-bond donors (Lipinski definition) is 1. The van der Waals surface area contributed by atoms with Gasteiger partial charge in [0.25, 0.3) is 0 Å². The fourth-order valence-electron chi connectivity index (χ4n) is 2.72. The van der Waals surface area contributed by atoms with Crippen molar-refractivity contribution in [3.63, 3.8) is 0 Å². The quantitative estimate of drug-likeness (QED) is 0.800. The van der Waals surface area contributed by atoms with Gasteiger partial charge >= 0.3 is 0 Å². The maximum absolute atomic E-state index is 6.41. The topological polar surface area (TPSA) is 38.5 Å². The third-order valence-electron chi connectivity index (χ3n) is 4.02. The Bertz CT molecular complexity index is 405. The van der Waals surface area contributed by atoms with Crippen molar-refractivity contribution >= 4 is 11.6 Å². The summed E-state index contributed by atoms with van der Waals surface area (Å²) in [6, 6.07) is 9.15. The molecule has 112 valence electrons. The average Bonchev–Trinajstić information content (AvgIpc) is 3.28. The number of methoxy groups -OCH3 is 1. The number of benzene rings is 1. The van der Waals surface area contributed by atoms with E-state index in [1.54, 1.807) is 7.11 Å². The third kappa shape index (κ3) is 3.95. The van der Waals surface area contributed by atoms with Crippen LogP contribution in [-0.4, -0.2) is 37.2 Å². The lowest BCUT2D eigenvalue weighted by Gasteiger charge is -2.36. The molecule has 0 heterocycles. The number of nitrogens with zero attached hydrogens (tertiary/aromatic N) is 1. The lowest BCUT2D eigenvalue weighted by atomic mass is 9.96. The van der Waals surface area contributed by atoms with E-state index >= 15 is 0 Å². The van der Waals surface area contributed by atoms with Gasteiger partial charge in [-0.05, 0) is 37.0 Å². The van der Waals surface area contributed by atoms with Gasteiger partial charge in [0.15, 0.2) is 0 Å². The minimum atomic E-state index is 0.133. The first kappa shape index (κ1) is 15.8. The van der Waals surface area contributed by atoms with Crippen LogP contribution in [0.5, 0.6) is 0 Å². The zero-order valence-corrected chi connectivity index (χ0v) is 13.1. The normalized spacial score (nSPS) is 18.2. The smallest absolute Gasteiger partial charge is 0.0590 e. The van der Waals surface area contributed by atoms with Crippen molar-refractivity contribution in [2.45, 2.75) is 44.3 Å². The first-order chi connectivity index (χ1) is 9.67. The molecule has 1 aromatic rings. The van der Waals surface area contributed by atoms with Crippen LogP contribution in [-0.2, 0) is 4.74 Å². The highest BCUT2D eigenvalue weighted by Crippen LogP contribution is 2.36. The summed E-state index contributed by atoms with van der Waals surface area (Å²) >= 11 is 6.00. The number of nitrogens with two attached hydrogens (primary N) is 1. The second kappa shape index (κ2) is 7.41. The van der Waals surface area contributed by atoms with Crippen LogP contribution in [0.15, 0.2) is 24.3 Å². The van der Waals surface area contributed by atoms with Gasteiger partial charge in [0.2, 0.25) is 0 Å². The standard InChI is InChI=1S/C16H25ClN2O/c1-3-15(18)16(12-4-6-13(17)7-5-12)19(10-11-20-2)14-8-9-14/h4-7,14-16H,3,8-11,18H2,1-2H3. The fourth-order valence-corrected chi connectivity index (χ4v) is 2.85. The lowest BCUT2D eigenvalue weighted by Crippen LogP contribution is -2.43. The molecular formula is C16H25ClN2O. The molecule has 0 amide bonds. The summed E-state index contributed by atoms with van der Waals surface area (Å²) in [7, 11) is 1.75. The van der Waals surface area contributed by atoms with Gasteiger partial charge < -0.3 is 10.5 Å². The molecule has 0 radical (unpaired) electrons. The van der Waals surface area contributed by atoms with Crippen LogP contribution in [0.1, 0.15) is 37.8 Å². The number of ether oxygens (including phenoxy) is 1. The Kier molecular flexibility index (Phi) is 5.85. The van der Waals surface area contributed by atoms with Crippen molar-refractivity contribution < 1.29 is 4.74 Å². The summed E-state index contributed by atoms with van der Waals surface area (Å²) < 4.78 is 5.27. The van der Waals surface area contributed by atoms with Gasteiger partial charge in [-0.3, -0.25) is 4.90 Å². The van der Waals surface area contributed by atoms with E-state index < -0.39 is 0 Å². The predicted molar refractivity (Wildman–Crippen MR) is 84.1 cm³/mol. The molecule has 0 aliphatic heterocycles.